The summed E-state index contributed by atoms with van der Waals surface area (Å²) in [4.78, 5) is 0. The SMILES string of the molecule is CC1=C(C)C(C)CC(C(C)(C)C)C1. The van der Waals surface area contributed by atoms with Gasteiger partial charge in [-0.1, -0.05) is 38.8 Å². The molecule has 13 heavy (non-hydrogen) atoms. The Morgan fingerprint density at radius 1 is 1.15 bits per heavy atom. The van der Waals surface area contributed by atoms with Crippen LogP contribution >= 0.6 is 0 Å². The van der Waals surface area contributed by atoms with Gasteiger partial charge in [0.1, 0.15) is 0 Å². The molecule has 2 atom stereocenters. The average molecular weight is 180 g/mol. The maximum absolute atomic E-state index is 2.37. The molecule has 0 radical (unpaired) electrons. The van der Waals surface area contributed by atoms with Crippen molar-refractivity contribution in [2.24, 2.45) is 17.3 Å². The van der Waals surface area contributed by atoms with Crippen LogP contribution in [0.3, 0.4) is 0 Å². The Balaban J connectivity index is 2.80. The van der Waals surface area contributed by atoms with Gasteiger partial charge in [-0.3, -0.25) is 0 Å². The van der Waals surface area contributed by atoms with Crippen LogP contribution in [0.15, 0.2) is 11.1 Å². The van der Waals surface area contributed by atoms with E-state index in [1.165, 1.54) is 12.8 Å². The van der Waals surface area contributed by atoms with Gasteiger partial charge in [0.25, 0.3) is 0 Å². The molecule has 0 bridgehead atoms. The molecule has 0 amide bonds. The fourth-order valence-electron chi connectivity index (χ4n) is 2.30. The molecule has 0 aromatic carbocycles. The van der Waals surface area contributed by atoms with Gasteiger partial charge in [0.2, 0.25) is 0 Å². The zero-order chi connectivity index (χ0) is 10.2. The number of hydrogen-bond acceptors (Lipinski definition) is 0. The van der Waals surface area contributed by atoms with Crippen molar-refractivity contribution in [3.05, 3.63) is 11.1 Å². The van der Waals surface area contributed by atoms with E-state index in [-0.39, 0.29) is 0 Å². The Hall–Kier alpha value is -0.260. The summed E-state index contributed by atoms with van der Waals surface area (Å²) < 4.78 is 0. The number of allylic oxidation sites excluding steroid dienone is 2. The van der Waals surface area contributed by atoms with Gasteiger partial charge < -0.3 is 0 Å². The molecule has 0 saturated heterocycles. The van der Waals surface area contributed by atoms with Crippen LogP contribution in [0, 0.1) is 17.3 Å². The topological polar surface area (TPSA) is 0 Å². The predicted molar refractivity (Wildman–Crippen MR) is 59.7 cm³/mol. The zero-order valence-electron chi connectivity index (χ0n) is 10.1. The van der Waals surface area contributed by atoms with Crippen molar-refractivity contribution in [1.82, 2.24) is 0 Å². The molecular formula is C13H24. The lowest BCUT2D eigenvalue weighted by Gasteiger charge is -2.37. The first-order valence-electron chi connectivity index (χ1n) is 5.48. The van der Waals surface area contributed by atoms with Crippen molar-refractivity contribution < 1.29 is 0 Å². The molecule has 0 nitrogen and oxygen atoms in total. The van der Waals surface area contributed by atoms with Gasteiger partial charge in [-0.05, 0) is 43.9 Å². The molecular weight excluding hydrogens is 156 g/mol. The minimum absolute atomic E-state index is 0.482. The van der Waals surface area contributed by atoms with Gasteiger partial charge in [-0.25, -0.2) is 0 Å². The highest BCUT2D eigenvalue weighted by atomic mass is 14.4. The van der Waals surface area contributed by atoms with Crippen LogP contribution in [0.5, 0.6) is 0 Å². The van der Waals surface area contributed by atoms with Gasteiger partial charge in [0, 0.05) is 0 Å². The summed E-state index contributed by atoms with van der Waals surface area (Å²) in [6, 6.07) is 0. The fourth-order valence-corrected chi connectivity index (χ4v) is 2.30. The first-order valence-corrected chi connectivity index (χ1v) is 5.48. The standard InChI is InChI=1S/C13H24/c1-9-7-12(13(4,5)6)8-10(2)11(9)3/h9,12H,7-8H2,1-6H3. The second-order valence-corrected chi connectivity index (χ2v) is 5.87. The minimum atomic E-state index is 0.482. The molecule has 0 saturated carbocycles. The summed E-state index contributed by atoms with van der Waals surface area (Å²) in [5.74, 6) is 1.68. The predicted octanol–water partition coefficient (Wildman–Crippen LogP) is 4.42. The van der Waals surface area contributed by atoms with E-state index < -0.39 is 0 Å². The Morgan fingerprint density at radius 3 is 2.08 bits per heavy atom. The maximum Gasteiger partial charge on any atom is -0.0229 e. The summed E-state index contributed by atoms with van der Waals surface area (Å²) in [5, 5.41) is 0. The summed E-state index contributed by atoms with van der Waals surface area (Å²) in [7, 11) is 0. The summed E-state index contributed by atoms with van der Waals surface area (Å²) in [5.41, 5.74) is 3.76. The van der Waals surface area contributed by atoms with Crippen molar-refractivity contribution in [2.75, 3.05) is 0 Å². The lowest BCUT2D eigenvalue weighted by Crippen LogP contribution is -2.26. The average Bonchev–Trinajstić information content (AvgIpc) is 1.97. The molecule has 0 aromatic heterocycles. The van der Waals surface area contributed by atoms with Crippen molar-refractivity contribution in [1.29, 1.82) is 0 Å². The van der Waals surface area contributed by atoms with Crippen LogP contribution in [-0.4, -0.2) is 0 Å². The molecule has 1 rings (SSSR count). The second-order valence-electron chi connectivity index (χ2n) is 5.87. The van der Waals surface area contributed by atoms with Gasteiger partial charge in [0.15, 0.2) is 0 Å². The van der Waals surface area contributed by atoms with Crippen LogP contribution in [0.4, 0.5) is 0 Å². The van der Waals surface area contributed by atoms with Gasteiger partial charge in [-0.15, -0.1) is 0 Å². The van der Waals surface area contributed by atoms with E-state index in [0.29, 0.717) is 5.41 Å². The second kappa shape index (κ2) is 3.48. The third-order valence-electron chi connectivity index (χ3n) is 3.83. The third-order valence-corrected chi connectivity index (χ3v) is 3.83. The fraction of sp³-hybridized carbons (Fsp3) is 0.846. The largest absolute Gasteiger partial charge is 0.0738 e. The minimum Gasteiger partial charge on any atom is -0.0738 e. The molecule has 0 aromatic rings. The van der Waals surface area contributed by atoms with Gasteiger partial charge in [-0.2, -0.15) is 0 Å². The first-order chi connectivity index (χ1) is 5.82. The van der Waals surface area contributed by atoms with E-state index in [2.05, 4.69) is 41.5 Å². The molecule has 0 fully saturated rings. The van der Waals surface area contributed by atoms with Crippen LogP contribution in [-0.2, 0) is 0 Å². The highest BCUT2D eigenvalue weighted by Crippen LogP contribution is 2.42. The smallest absolute Gasteiger partial charge is 0.0229 e. The zero-order valence-corrected chi connectivity index (χ0v) is 10.1. The van der Waals surface area contributed by atoms with E-state index in [1.807, 2.05) is 0 Å². The lowest BCUT2D eigenvalue weighted by atomic mass is 9.68. The molecule has 0 aliphatic heterocycles. The van der Waals surface area contributed by atoms with Crippen molar-refractivity contribution in [3.8, 4) is 0 Å². The molecule has 2 unspecified atom stereocenters. The molecule has 76 valence electrons. The highest BCUT2D eigenvalue weighted by Gasteiger charge is 2.30. The van der Waals surface area contributed by atoms with Crippen LogP contribution in [0.2, 0.25) is 0 Å². The molecule has 0 heteroatoms. The normalized spacial score (nSPS) is 30.9. The Morgan fingerprint density at radius 2 is 1.69 bits per heavy atom. The summed E-state index contributed by atoms with van der Waals surface area (Å²) >= 11 is 0. The summed E-state index contributed by atoms with van der Waals surface area (Å²) in [6.45, 7) is 14.1. The van der Waals surface area contributed by atoms with E-state index >= 15 is 0 Å². The van der Waals surface area contributed by atoms with Crippen LogP contribution in [0.25, 0.3) is 0 Å². The van der Waals surface area contributed by atoms with E-state index in [4.69, 9.17) is 0 Å². The Labute approximate surface area is 83.4 Å². The summed E-state index contributed by atoms with van der Waals surface area (Å²) in [6.07, 6.45) is 2.70. The van der Waals surface area contributed by atoms with Gasteiger partial charge >= 0.3 is 0 Å². The van der Waals surface area contributed by atoms with E-state index in [0.717, 1.165) is 11.8 Å². The number of rotatable bonds is 0. The maximum atomic E-state index is 2.37. The first kappa shape index (κ1) is 10.8. The molecule has 1 aliphatic carbocycles. The van der Waals surface area contributed by atoms with E-state index in [9.17, 15) is 0 Å². The quantitative estimate of drug-likeness (QED) is 0.484. The van der Waals surface area contributed by atoms with E-state index in [1.54, 1.807) is 11.1 Å². The molecule has 0 N–H and O–H groups in total. The lowest BCUT2D eigenvalue weighted by molar-refractivity contribution is 0.194. The molecule has 1 aliphatic rings. The van der Waals surface area contributed by atoms with Gasteiger partial charge in [0.05, 0.1) is 0 Å². The van der Waals surface area contributed by atoms with Crippen molar-refractivity contribution in [2.45, 2.75) is 54.4 Å². The molecule has 0 spiro atoms. The van der Waals surface area contributed by atoms with Crippen LogP contribution < -0.4 is 0 Å². The molecule has 0 heterocycles. The monoisotopic (exact) mass is 180 g/mol. The Kier molecular flexibility index (Phi) is 2.89. The van der Waals surface area contributed by atoms with Crippen molar-refractivity contribution in [3.63, 3.8) is 0 Å². The van der Waals surface area contributed by atoms with Crippen LogP contribution in [0.1, 0.15) is 54.4 Å². The number of hydrogen-bond donors (Lipinski definition) is 0. The third kappa shape index (κ3) is 2.36. The highest BCUT2D eigenvalue weighted by molar-refractivity contribution is 5.17. The Bertz CT molecular complexity index is 215. The van der Waals surface area contributed by atoms with Crippen molar-refractivity contribution >= 4 is 0 Å².